The molecule has 2 aromatic heterocycles. The van der Waals surface area contributed by atoms with Crippen molar-refractivity contribution in [3.05, 3.63) is 29.3 Å². The van der Waals surface area contributed by atoms with Gasteiger partial charge in [-0.1, -0.05) is 6.92 Å². The molecule has 0 N–H and O–H groups in total. The van der Waals surface area contributed by atoms with Crippen LogP contribution >= 0.6 is 0 Å². The van der Waals surface area contributed by atoms with Crippen molar-refractivity contribution < 1.29 is 0 Å². The van der Waals surface area contributed by atoms with E-state index in [1.807, 2.05) is 24.6 Å². The number of aromatic nitrogens is 3. The van der Waals surface area contributed by atoms with Gasteiger partial charge in [-0.2, -0.15) is 5.10 Å². The van der Waals surface area contributed by atoms with Crippen molar-refractivity contribution in [1.29, 1.82) is 0 Å². The predicted octanol–water partition coefficient (Wildman–Crippen LogP) is 1.91. The van der Waals surface area contributed by atoms with Gasteiger partial charge in [0.05, 0.1) is 28.8 Å². The molecule has 0 radical (unpaired) electrons. The van der Waals surface area contributed by atoms with E-state index < -0.39 is 0 Å². The monoisotopic (exact) mass is 175 g/mol. The lowest BCUT2D eigenvalue weighted by Crippen LogP contribution is -1.97. The highest BCUT2D eigenvalue weighted by Crippen LogP contribution is 2.11. The normalized spacial score (nSPS) is 11.0. The summed E-state index contributed by atoms with van der Waals surface area (Å²) >= 11 is 0. The van der Waals surface area contributed by atoms with Crippen molar-refractivity contribution in [2.45, 2.75) is 27.2 Å². The molecular weight excluding hydrogens is 162 g/mol. The van der Waals surface area contributed by atoms with E-state index in [0.29, 0.717) is 0 Å². The second-order valence-electron chi connectivity index (χ2n) is 3.30. The molecular formula is C10H13N3. The fraction of sp³-hybridized carbons (Fsp3) is 0.400. The van der Waals surface area contributed by atoms with Crippen LogP contribution in [-0.2, 0) is 6.42 Å². The lowest BCUT2D eigenvalue weighted by atomic mass is 10.2. The van der Waals surface area contributed by atoms with Gasteiger partial charge in [-0.25, -0.2) is 4.52 Å². The number of hydrogen-bond acceptors (Lipinski definition) is 2. The van der Waals surface area contributed by atoms with Crippen LogP contribution in [0.5, 0.6) is 0 Å². The van der Waals surface area contributed by atoms with E-state index >= 15 is 0 Å². The molecule has 0 aromatic carbocycles. The molecule has 13 heavy (non-hydrogen) atoms. The molecule has 2 aromatic rings. The minimum atomic E-state index is 0.955. The van der Waals surface area contributed by atoms with Crippen LogP contribution in [0.1, 0.15) is 24.0 Å². The molecule has 0 saturated heterocycles. The number of hydrogen-bond donors (Lipinski definition) is 0. The third kappa shape index (κ3) is 1.30. The molecule has 0 saturated carbocycles. The van der Waals surface area contributed by atoms with Crippen molar-refractivity contribution in [2.24, 2.45) is 0 Å². The Hall–Kier alpha value is -1.38. The predicted molar refractivity (Wildman–Crippen MR) is 51.8 cm³/mol. The van der Waals surface area contributed by atoms with E-state index in [0.717, 1.165) is 29.0 Å². The number of nitrogens with zero attached hydrogens (tertiary/aromatic N) is 3. The summed E-state index contributed by atoms with van der Waals surface area (Å²) in [6.07, 6.45) is 2.91. The molecule has 68 valence electrons. The van der Waals surface area contributed by atoms with Gasteiger partial charge in [0.2, 0.25) is 0 Å². The highest BCUT2D eigenvalue weighted by Gasteiger charge is 2.04. The smallest absolute Gasteiger partial charge is 0.0879 e. The fourth-order valence-electron chi connectivity index (χ4n) is 1.57. The Morgan fingerprint density at radius 2 is 2.08 bits per heavy atom. The van der Waals surface area contributed by atoms with Gasteiger partial charge in [-0.15, -0.1) is 0 Å². The van der Waals surface area contributed by atoms with Gasteiger partial charge in [0.15, 0.2) is 0 Å². The van der Waals surface area contributed by atoms with Crippen LogP contribution in [0.25, 0.3) is 5.52 Å². The lowest BCUT2D eigenvalue weighted by molar-refractivity contribution is 0.880. The summed E-state index contributed by atoms with van der Waals surface area (Å²) in [5, 5.41) is 4.36. The molecule has 0 aliphatic heterocycles. The van der Waals surface area contributed by atoms with Gasteiger partial charge in [0.1, 0.15) is 0 Å². The Morgan fingerprint density at radius 3 is 2.77 bits per heavy atom. The quantitative estimate of drug-likeness (QED) is 0.662. The maximum absolute atomic E-state index is 4.47. The van der Waals surface area contributed by atoms with Crippen LogP contribution in [-0.4, -0.2) is 14.6 Å². The van der Waals surface area contributed by atoms with Crippen molar-refractivity contribution >= 4 is 5.52 Å². The second kappa shape index (κ2) is 2.83. The van der Waals surface area contributed by atoms with E-state index in [-0.39, 0.29) is 0 Å². The zero-order valence-electron chi connectivity index (χ0n) is 8.20. The van der Waals surface area contributed by atoms with Crippen molar-refractivity contribution in [1.82, 2.24) is 14.6 Å². The molecule has 0 unspecified atom stereocenters. The summed E-state index contributed by atoms with van der Waals surface area (Å²) < 4.78 is 1.91. The molecule has 0 bridgehead atoms. The van der Waals surface area contributed by atoms with Crippen LogP contribution in [0.2, 0.25) is 0 Å². The van der Waals surface area contributed by atoms with E-state index in [1.165, 1.54) is 0 Å². The van der Waals surface area contributed by atoms with Crippen LogP contribution in [0.15, 0.2) is 12.3 Å². The molecule has 0 amide bonds. The van der Waals surface area contributed by atoms with Gasteiger partial charge in [-0.05, 0) is 26.3 Å². The maximum atomic E-state index is 4.47. The van der Waals surface area contributed by atoms with E-state index in [2.05, 4.69) is 23.1 Å². The van der Waals surface area contributed by atoms with Crippen LogP contribution in [0.3, 0.4) is 0 Å². The Balaban J connectivity index is 2.80. The zero-order valence-corrected chi connectivity index (χ0v) is 8.20. The highest BCUT2D eigenvalue weighted by molar-refractivity contribution is 5.52. The first kappa shape index (κ1) is 8.23. The molecule has 0 aliphatic rings. The summed E-state index contributed by atoms with van der Waals surface area (Å²) in [4.78, 5) is 4.47. The Bertz CT molecular complexity index is 443. The van der Waals surface area contributed by atoms with Gasteiger partial charge >= 0.3 is 0 Å². The van der Waals surface area contributed by atoms with Gasteiger partial charge < -0.3 is 0 Å². The zero-order chi connectivity index (χ0) is 9.42. The third-order valence-corrected chi connectivity index (χ3v) is 2.11. The molecule has 2 heterocycles. The minimum Gasteiger partial charge on any atom is -0.254 e. The summed E-state index contributed by atoms with van der Waals surface area (Å²) in [5.74, 6) is 0. The highest BCUT2D eigenvalue weighted by atomic mass is 15.2. The number of rotatable bonds is 1. The summed E-state index contributed by atoms with van der Waals surface area (Å²) in [5.41, 5.74) is 4.32. The van der Waals surface area contributed by atoms with Crippen LogP contribution in [0, 0.1) is 13.8 Å². The molecule has 0 atom stereocenters. The van der Waals surface area contributed by atoms with Crippen LogP contribution in [0.4, 0.5) is 0 Å². The first-order valence-electron chi connectivity index (χ1n) is 4.53. The molecule has 0 spiro atoms. The van der Waals surface area contributed by atoms with E-state index in [1.54, 1.807) is 0 Å². The van der Waals surface area contributed by atoms with Crippen molar-refractivity contribution in [2.75, 3.05) is 0 Å². The molecule has 0 aliphatic carbocycles. The molecule has 0 fully saturated rings. The van der Waals surface area contributed by atoms with Crippen LogP contribution < -0.4 is 0 Å². The standard InChI is InChI=1S/C10H13N3/c1-4-9-10-5-7(2)12-13(10)6-8(3)11-9/h5-6H,4H2,1-3H3. The average molecular weight is 175 g/mol. The minimum absolute atomic E-state index is 0.955. The fourth-order valence-corrected chi connectivity index (χ4v) is 1.57. The molecule has 3 nitrogen and oxygen atoms in total. The average Bonchev–Trinajstić information content (AvgIpc) is 2.43. The molecule has 2 rings (SSSR count). The van der Waals surface area contributed by atoms with E-state index in [4.69, 9.17) is 0 Å². The first-order chi connectivity index (χ1) is 6.20. The first-order valence-corrected chi connectivity index (χ1v) is 4.53. The van der Waals surface area contributed by atoms with Gasteiger partial charge in [0.25, 0.3) is 0 Å². The Kier molecular flexibility index (Phi) is 1.79. The Labute approximate surface area is 77.4 Å². The summed E-state index contributed by atoms with van der Waals surface area (Å²) in [7, 11) is 0. The van der Waals surface area contributed by atoms with Crippen molar-refractivity contribution in [3.8, 4) is 0 Å². The largest absolute Gasteiger partial charge is 0.254 e. The Morgan fingerprint density at radius 1 is 1.31 bits per heavy atom. The van der Waals surface area contributed by atoms with Crippen molar-refractivity contribution in [3.63, 3.8) is 0 Å². The second-order valence-corrected chi connectivity index (χ2v) is 3.30. The topological polar surface area (TPSA) is 30.2 Å². The van der Waals surface area contributed by atoms with Gasteiger partial charge in [-0.3, -0.25) is 4.98 Å². The number of aryl methyl sites for hydroxylation is 3. The lowest BCUT2D eigenvalue weighted by Gasteiger charge is -2.01. The number of fused-ring (bicyclic) bond motifs is 1. The third-order valence-electron chi connectivity index (χ3n) is 2.11. The summed E-state index contributed by atoms with van der Waals surface area (Å²) in [6, 6.07) is 2.07. The maximum Gasteiger partial charge on any atom is 0.0879 e. The SMILES string of the molecule is CCc1nc(C)cn2nc(C)cc12. The van der Waals surface area contributed by atoms with Gasteiger partial charge in [0, 0.05) is 0 Å². The van der Waals surface area contributed by atoms with E-state index in [9.17, 15) is 0 Å². The molecule has 3 heteroatoms. The summed E-state index contributed by atoms with van der Waals surface area (Å²) in [6.45, 7) is 6.11.